The van der Waals surface area contributed by atoms with E-state index in [9.17, 15) is 14.9 Å². The van der Waals surface area contributed by atoms with E-state index in [1.54, 1.807) is 24.3 Å². The van der Waals surface area contributed by atoms with Crippen LogP contribution in [0.5, 0.6) is 17.2 Å². The Hall–Kier alpha value is -4.32. The Morgan fingerprint density at radius 1 is 0.972 bits per heavy atom. The normalized spacial score (nSPS) is 16.2. The van der Waals surface area contributed by atoms with Gasteiger partial charge in [0.15, 0.2) is 11.5 Å². The summed E-state index contributed by atoms with van der Waals surface area (Å²) in [6.07, 6.45) is 5.07. The molecule has 9 heteroatoms. The number of amides is 2. The highest BCUT2D eigenvalue weighted by Crippen LogP contribution is 2.38. The van der Waals surface area contributed by atoms with Gasteiger partial charge in [-0.05, 0) is 25.0 Å². The summed E-state index contributed by atoms with van der Waals surface area (Å²) in [5, 5.41) is 15.6. The number of methoxy groups -OCH3 is 3. The molecule has 2 aromatic rings. The minimum Gasteiger partial charge on any atom is -0.493 e. The van der Waals surface area contributed by atoms with Gasteiger partial charge in [-0.15, -0.1) is 0 Å². The molecule has 4 rings (SSSR count). The lowest BCUT2D eigenvalue weighted by molar-refractivity contribution is -0.117. The summed E-state index contributed by atoms with van der Waals surface area (Å²) in [7, 11) is 4.42. The number of ether oxygens (including phenoxy) is 3. The van der Waals surface area contributed by atoms with E-state index in [0.29, 0.717) is 28.4 Å². The van der Waals surface area contributed by atoms with Crippen LogP contribution in [0.3, 0.4) is 0 Å². The molecule has 2 aromatic carbocycles. The topological polar surface area (TPSA) is 122 Å². The molecule has 9 nitrogen and oxygen atoms in total. The average molecular weight is 489 g/mol. The van der Waals surface area contributed by atoms with Crippen molar-refractivity contribution >= 4 is 23.3 Å². The molecule has 2 aliphatic rings. The van der Waals surface area contributed by atoms with Crippen LogP contribution in [-0.4, -0.2) is 45.0 Å². The molecule has 0 radical (unpaired) electrons. The molecule has 1 aliphatic carbocycles. The number of nitrogens with one attached hydrogen (secondary N) is 2. The minimum absolute atomic E-state index is 0.0510. The number of hydrogen-bond acceptors (Lipinski definition) is 7. The second-order valence-corrected chi connectivity index (χ2v) is 8.52. The molecule has 0 saturated heterocycles. The molecule has 2 N–H and O–H groups in total. The molecule has 0 aromatic heterocycles. The molecule has 1 saturated carbocycles. The maximum atomic E-state index is 13.2. The Labute approximate surface area is 209 Å². The number of amidine groups is 1. The van der Waals surface area contributed by atoms with Crippen LogP contribution >= 0.6 is 0 Å². The summed E-state index contributed by atoms with van der Waals surface area (Å²) < 4.78 is 16.0. The van der Waals surface area contributed by atoms with E-state index in [0.717, 1.165) is 32.1 Å². The lowest BCUT2D eigenvalue weighted by Gasteiger charge is -2.22. The summed E-state index contributed by atoms with van der Waals surface area (Å²) in [6.45, 7) is 0. The van der Waals surface area contributed by atoms with E-state index in [4.69, 9.17) is 14.2 Å². The van der Waals surface area contributed by atoms with Gasteiger partial charge in [-0.3, -0.25) is 9.59 Å². The fraction of sp³-hybridized carbons (Fsp3) is 0.333. The molecule has 1 fully saturated rings. The second-order valence-electron chi connectivity index (χ2n) is 8.52. The molecular formula is C27H28N4O5. The molecule has 1 heterocycles. The maximum absolute atomic E-state index is 13.2. The van der Waals surface area contributed by atoms with Gasteiger partial charge >= 0.3 is 0 Å². The number of carbonyl (C=O) groups excluding carboxylic acids is 2. The Morgan fingerprint density at radius 2 is 1.61 bits per heavy atom. The van der Waals surface area contributed by atoms with Gasteiger partial charge in [0, 0.05) is 22.7 Å². The largest absolute Gasteiger partial charge is 0.493 e. The predicted molar refractivity (Wildman–Crippen MR) is 134 cm³/mol. The van der Waals surface area contributed by atoms with Crippen LogP contribution < -0.4 is 24.8 Å². The van der Waals surface area contributed by atoms with E-state index < -0.39 is 11.8 Å². The van der Waals surface area contributed by atoms with Gasteiger partial charge in [-0.25, -0.2) is 4.99 Å². The van der Waals surface area contributed by atoms with Gasteiger partial charge in [-0.2, -0.15) is 5.26 Å². The third-order valence-corrected chi connectivity index (χ3v) is 6.34. The third-order valence-electron chi connectivity index (χ3n) is 6.34. The standard InChI is InChI=1S/C27H28N4O5/c1-34-21-13-16(14-22(35-2)24(21)36-3)26(32)31-25-19-12-8-7-11-18(19)23(30-25)20(15-28)27(33)29-17-9-5-4-6-10-17/h7-8,11-14,17H,4-6,9-10H2,1-3H3,(H,29,33)(H,30,31,32)/b23-20-. The van der Waals surface area contributed by atoms with Crippen molar-refractivity contribution in [1.82, 2.24) is 10.6 Å². The van der Waals surface area contributed by atoms with Gasteiger partial charge in [0.25, 0.3) is 11.8 Å². The van der Waals surface area contributed by atoms with Crippen molar-refractivity contribution in [2.45, 2.75) is 38.1 Å². The molecule has 0 bridgehead atoms. The zero-order chi connectivity index (χ0) is 25.7. The number of aliphatic imine (C=N–C) groups is 1. The molecule has 0 spiro atoms. The van der Waals surface area contributed by atoms with Crippen LogP contribution in [0, 0.1) is 11.3 Å². The van der Waals surface area contributed by atoms with Gasteiger partial charge in [0.1, 0.15) is 17.5 Å². The van der Waals surface area contributed by atoms with Gasteiger partial charge in [0.05, 0.1) is 27.0 Å². The first-order valence-electron chi connectivity index (χ1n) is 11.8. The summed E-state index contributed by atoms with van der Waals surface area (Å²) >= 11 is 0. The number of rotatable bonds is 6. The first kappa shape index (κ1) is 24.8. The number of carbonyl (C=O) groups is 2. The zero-order valence-corrected chi connectivity index (χ0v) is 20.5. The number of hydrogen-bond donors (Lipinski definition) is 2. The van der Waals surface area contributed by atoms with Crippen molar-refractivity contribution in [3.63, 3.8) is 0 Å². The van der Waals surface area contributed by atoms with Crippen molar-refractivity contribution < 1.29 is 23.8 Å². The summed E-state index contributed by atoms with van der Waals surface area (Å²) in [6, 6.07) is 12.3. The molecule has 36 heavy (non-hydrogen) atoms. The predicted octanol–water partition coefficient (Wildman–Crippen LogP) is 3.59. The number of nitriles is 1. The lowest BCUT2D eigenvalue weighted by atomic mass is 9.95. The van der Waals surface area contributed by atoms with Gasteiger partial charge < -0.3 is 24.8 Å². The Bertz CT molecular complexity index is 1260. The highest BCUT2D eigenvalue weighted by Gasteiger charge is 2.29. The number of benzene rings is 2. The number of nitrogens with zero attached hydrogens (tertiary/aromatic N) is 2. The van der Waals surface area contributed by atoms with E-state index >= 15 is 0 Å². The Balaban J connectivity index is 1.66. The van der Waals surface area contributed by atoms with Crippen LogP contribution in [0.1, 0.15) is 53.6 Å². The lowest BCUT2D eigenvalue weighted by Crippen LogP contribution is -2.37. The van der Waals surface area contributed by atoms with Crippen LogP contribution in [0.2, 0.25) is 0 Å². The van der Waals surface area contributed by atoms with E-state index in [1.807, 2.05) is 6.07 Å². The zero-order valence-electron chi connectivity index (χ0n) is 20.5. The third kappa shape index (κ3) is 4.89. The highest BCUT2D eigenvalue weighted by molar-refractivity contribution is 6.20. The van der Waals surface area contributed by atoms with E-state index in [2.05, 4.69) is 15.6 Å². The van der Waals surface area contributed by atoms with E-state index in [1.165, 1.54) is 33.5 Å². The highest BCUT2D eigenvalue weighted by atomic mass is 16.5. The molecule has 2 amide bonds. The van der Waals surface area contributed by atoms with Crippen LogP contribution in [0.4, 0.5) is 0 Å². The number of fused-ring (bicyclic) bond motifs is 1. The quantitative estimate of drug-likeness (QED) is 0.473. The molecular weight excluding hydrogens is 460 g/mol. The van der Waals surface area contributed by atoms with Crippen LogP contribution in [0.25, 0.3) is 5.70 Å². The second kappa shape index (κ2) is 11.0. The summed E-state index contributed by atoms with van der Waals surface area (Å²) in [5.41, 5.74) is 1.64. The fourth-order valence-electron chi connectivity index (χ4n) is 4.52. The molecule has 0 atom stereocenters. The fourth-order valence-corrected chi connectivity index (χ4v) is 4.52. The summed E-state index contributed by atoms with van der Waals surface area (Å²) in [4.78, 5) is 30.7. The molecule has 186 valence electrons. The summed E-state index contributed by atoms with van der Waals surface area (Å²) in [5.74, 6) is 0.375. The van der Waals surface area contributed by atoms with Crippen molar-refractivity contribution in [2.75, 3.05) is 21.3 Å². The smallest absolute Gasteiger partial charge is 0.264 e. The van der Waals surface area contributed by atoms with Crippen LogP contribution in [-0.2, 0) is 4.79 Å². The monoisotopic (exact) mass is 488 g/mol. The SMILES string of the molecule is COc1cc(C(=O)NC2=N/C(=C(/C#N)C(=O)NC3CCCCC3)c3ccccc32)cc(OC)c1OC. The minimum atomic E-state index is -0.464. The van der Waals surface area contributed by atoms with Crippen molar-refractivity contribution in [1.29, 1.82) is 5.26 Å². The molecule has 1 aliphatic heterocycles. The van der Waals surface area contributed by atoms with E-state index in [-0.39, 0.29) is 28.7 Å². The van der Waals surface area contributed by atoms with Gasteiger partial charge in [0.2, 0.25) is 5.75 Å². The Morgan fingerprint density at radius 3 is 2.19 bits per heavy atom. The maximum Gasteiger partial charge on any atom is 0.264 e. The van der Waals surface area contributed by atoms with Crippen molar-refractivity contribution in [3.05, 3.63) is 58.7 Å². The van der Waals surface area contributed by atoms with Crippen molar-refractivity contribution in [2.24, 2.45) is 4.99 Å². The first-order valence-corrected chi connectivity index (χ1v) is 11.8. The van der Waals surface area contributed by atoms with Crippen LogP contribution in [0.15, 0.2) is 47.0 Å². The average Bonchev–Trinajstić information content (AvgIpc) is 3.26. The Kier molecular flexibility index (Phi) is 7.54. The van der Waals surface area contributed by atoms with Crippen molar-refractivity contribution in [3.8, 4) is 23.3 Å². The van der Waals surface area contributed by atoms with Gasteiger partial charge in [-0.1, -0.05) is 43.5 Å². The first-order chi connectivity index (χ1) is 17.5. The molecule has 0 unspecified atom stereocenters.